The average Bonchev–Trinajstić information content (AvgIpc) is 3.00. The number of hydrogen-bond acceptors (Lipinski definition) is 4. The van der Waals surface area contributed by atoms with Gasteiger partial charge in [0, 0.05) is 37.1 Å². The highest BCUT2D eigenvalue weighted by Crippen LogP contribution is 2.20. The summed E-state index contributed by atoms with van der Waals surface area (Å²) in [4.78, 5) is 24.9. The molecule has 6 nitrogen and oxygen atoms in total. The molecule has 7 heteroatoms. The molecule has 1 N–H and O–H groups in total. The van der Waals surface area contributed by atoms with Crippen molar-refractivity contribution in [3.05, 3.63) is 53.0 Å². The van der Waals surface area contributed by atoms with E-state index in [1.807, 2.05) is 53.4 Å². The maximum absolute atomic E-state index is 12.6. The summed E-state index contributed by atoms with van der Waals surface area (Å²) in [5.74, 6) is 1.92. The maximum Gasteiger partial charge on any atom is 0.222 e. The van der Waals surface area contributed by atoms with Crippen molar-refractivity contribution >= 4 is 38.8 Å². The molecule has 29 heavy (non-hydrogen) atoms. The molecule has 0 spiro atoms. The molecule has 1 aliphatic rings. The van der Waals surface area contributed by atoms with Gasteiger partial charge >= 0.3 is 0 Å². The van der Waals surface area contributed by atoms with E-state index in [1.165, 1.54) is 0 Å². The summed E-state index contributed by atoms with van der Waals surface area (Å²) >= 11 is 3.43. The number of nitrogens with one attached hydrogen (secondary N) is 1. The molecule has 1 aliphatic heterocycles. The van der Waals surface area contributed by atoms with Gasteiger partial charge in [0.1, 0.15) is 5.75 Å². The zero-order valence-corrected chi connectivity index (χ0v) is 17.9. The zero-order valence-electron chi connectivity index (χ0n) is 16.3. The lowest BCUT2D eigenvalue weighted by Gasteiger charge is -2.21. The van der Waals surface area contributed by atoms with Gasteiger partial charge in [-0.25, -0.2) is 4.98 Å². The third-order valence-electron chi connectivity index (χ3n) is 5.12. The maximum atomic E-state index is 12.6. The summed E-state index contributed by atoms with van der Waals surface area (Å²) in [6.07, 6.45) is 2.17. The van der Waals surface area contributed by atoms with E-state index in [1.54, 1.807) is 0 Å². The third-order valence-corrected chi connectivity index (χ3v) is 5.62. The van der Waals surface area contributed by atoms with Gasteiger partial charge in [-0.3, -0.25) is 4.79 Å². The minimum absolute atomic E-state index is 0.203. The number of H-pyrrole nitrogens is 1. The SMILES string of the molecule is O=C(CCCOc1cccc(Br)c1)N1CCCN(c2nc3ccccc3[nH]2)CC1. The normalized spacial score (nSPS) is 14.8. The van der Waals surface area contributed by atoms with Gasteiger partial charge in [0.15, 0.2) is 0 Å². The van der Waals surface area contributed by atoms with Gasteiger partial charge in [0.05, 0.1) is 17.6 Å². The predicted octanol–water partition coefficient (Wildman–Crippen LogP) is 4.22. The fourth-order valence-corrected chi connectivity index (χ4v) is 3.97. The first-order valence-corrected chi connectivity index (χ1v) is 10.8. The Morgan fingerprint density at radius 3 is 2.86 bits per heavy atom. The van der Waals surface area contributed by atoms with Crippen molar-refractivity contribution in [2.75, 3.05) is 37.7 Å². The van der Waals surface area contributed by atoms with Crippen LogP contribution in [0.2, 0.25) is 0 Å². The Balaban J connectivity index is 1.25. The molecule has 152 valence electrons. The van der Waals surface area contributed by atoms with Crippen LogP contribution in [0, 0.1) is 0 Å². The van der Waals surface area contributed by atoms with Crippen LogP contribution in [0.4, 0.5) is 5.95 Å². The fourth-order valence-electron chi connectivity index (χ4n) is 3.60. The lowest BCUT2D eigenvalue weighted by Crippen LogP contribution is -2.35. The van der Waals surface area contributed by atoms with Crippen molar-refractivity contribution in [2.45, 2.75) is 19.3 Å². The standard InChI is InChI=1S/C22H25BrN4O2/c23-17-6-3-7-18(16-17)29-15-4-10-21(28)26-11-5-12-27(14-13-26)22-24-19-8-1-2-9-20(19)25-22/h1-3,6-9,16H,4-5,10-15H2,(H,24,25). The highest BCUT2D eigenvalue weighted by molar-refractivity contribution is 9.10. The number of ether oxygens (including phenoxy) is 1. The van der Waals surface area contributed by atoms with E-state index >= 15 is 0 Å². The molecule has 3 aromatic rings. The summed E-state index contributed by atoms with van der Waals surface area (Å²) in [5, 5.41) is 0. The molecule has 0 atom stereocenters. The molecule has 4 rings (SSSR count). The van der Waals surface area contributed by atoms with Crippen molar-refractivity contribution in [1.29, 1.82) is 0 Å². The van der Waals surface area contributed by atoms with Crippen LogP contribution in [-0.2, 0) is 4.79 Å². The van der Waals surface area contributed by atoms with Gasteiger partial charge in [-0.05, 0) is 43.2 Å². The number of imidazole rings is 1. The van der Waals surface area contributed by atoms with Crippen LogP contribution in [-0.4, -0.2) is 53.6 Å². The molecule has 1 amide bonds. The van der Waals surface area contributed by atoms with Gasteiger partial charge < -0.3 is 19.5 Å². The van der Waals surface area contributed by atoms with Crippen molar-refractivity contribution in [1.82, 2.24) is 14.9 Å². The molecule has 0 saturated carbocycles. The Hall–Kier alpha value is -2.54. The topological polar surface area (TPSA) is 61.5 Å². The summed E-state index contributed by atoms with van der Waals surface area (Å²) in [6.45, 7) is 3.75. The Morgan fingerprint density at radius 1 is 1.10 bits per heavy atom. The van der Waals surface area contributed by atoms with Gasteiger partial charge in [-0.1, -0.05) is 34.1 Å². The lowest BCUT2D eigenvalue weighted by atomic mass is 10.2. The van der Waals surface area contributed by atoms with Gasteiger partial charge in [0.25, 0.3) is 0 Å². The number of para-hydroxylation sites is 2. The number of carbonyl (C=O) groups is 1. The Bertz CT molecular complexity index is 941. The summed E-state index contributed by atoms with van der Waals surface area (Å²) in [5.41, 5.74) is 2.02. The molecule has 1 aromatic heterocycles. The number of halogens is 1. The van der Waals surface area contributed by atoms with Crippen LogP contribution < -0.4 is 9.64 Å². The van der Waals surface area contributed by atoms with Crippen LogP contribution in [0.5, 0.6) is 5.75 Å². The molecule has 2 heterocycles. The van der Waals surface area contributed by atoms with Crippen LogP contribution in [0.15, 0.2) is 53.0 Å². The minimum Gasteiger partial charge on any atom is -0.494 e. The van der Waals surface area contributed by atoms with Gasteiger partial charge in [-0.15, -0.1) is 0 Å². The molecule has 0 aliphatic carbocycles. The highest BCUT2D eigenvalue weighted by atomic mass is 79.9. The quantitative estimate of drug-likeness (QED) is 0.563. The molecule has 1 fully saturated rings. The number of anilines is 1. The second kappa shape index (κ2) is 9.31. The largest absolute Gasteiger partial charge is 0.494 e. The van der Waals surface area contributed by atoms with E-state index in [9.17, 15) is 4.79 Å². The number of hydrogen-bond donors (Lipinski definition) is 1. The average molecular weight is 457 g/mol. The molecular weight excluding hydrogens is 432 g/mol. The van der Waals surface area contributed by atoms with E-state index in [4.69, 9.17) is 9.72 Å². The number of benzene rings is 2. The summed E-state index contributed by atoms with van der Waals surface area (Å²) < 4.78 is 6.72. The van der Waals surface area contributed by atoms with E-state index < -0.39 is 0 Å². The Kier molecular flexibility index (Phi) is 6.34. The molecule has 0 bridgehead atoms. The molecule has 0 unspecified atom stereocenters. The van der Waals surface area contributed by atoms with Crippen LogP contribution >= 0.6 is 15.9 Å². The number of amides is 1. The van der Waals surface area contributed by atoms with Gasteiger partial charge in [0.2, 0.25) is 11.9 Å². The first-order chi connectivity index (χ1) is 14.2. The molecule has 1 saturated heterocycles. The van der Waals surface area contributed by atoms with Crippen molar-refractivity contribution < 1.29 is 9.53 Å². The van der Waals surface area contributed by atoms with Crippen LogP contribution in [0.25, 0.3) is 11.0 Å². The summed E-state index contributed by atoms with van der Waals surface area (Å²) in [7, 11) is 0. The van der Waals surface area contributed by atoms with Gasteiger partial charge in [-0.2, -0.15) is 0 Å². The molecular formula is C22H25BrN4O2. The van der Waals surface area contributed by atoms with Crippen LogP contribution in [0.1, 0.15) is 19.3 Å². The number of rotatable bonds is 6. The lowest BCUT2D eigenvalue weighted by molar-refractivity contribution is -0.131. The highest BCUT2D eigenvalue weighted by Gasteiger charge is 2.20. The number of nitrogens with zero attached hydrogens (tertiary/aromatic N) is 3. The molecule has 2 aromatic carbocycles. The third kappa shape index (κ3) is 5.09. The van der Waals surface area contributed by atoms with Crippen molar-refractivity contribution in [3.8, 4) is 5.75 Å². The van der Waals surface area contributed by atoms with E-state index in [-0.39, 0.29) is 5.91 Å². The number of aromatic amines is 1. The first-order valence-electron chi connectivity index (χ1n) is 10.0. The Morgan fingerprint density at radius 2 is 2.00 bits per heavy atom. The number of fused-ring (bicyclic) bond motifs is 1. The van der Waals surface area contributed by atoms with Crippen LogP contribution in [0.3, 0.4) is 0 Å². The second-order valence-corrected chi connectivity index (χ2v) is 8.12. The smallest absolute Gasteiger partial charge is 0.222 e. The number of carbonyl (C=O) groups excluding carboxylic acids is 1. The predicted molar refractivity (Wildman–Crippen MR) is 118 cm³/mol. The second-order valence-electron chi connectivity index (χ2n) is 7.21. The summed E-state index contributed by atoms with van der Waals surface area (Å²) in [6, 6.07) is 15.8. The zero-order chi connectivity index (χ0) is 20.1. The van der Waals surface area contributed by atoms with Crippen molar-refractivity contribution in [3.63, 3.8) is 0 Å². The molecule has 0 radical (unpaired) electrons. The Labute approximate surface area is 179 Å². The first kappa shape index (κ1) is 19.8. The van der Waals surface area contributed by atoms with Crippen molar-refractivity contribution in [2.24, 2.45) is 0 Å². The van der Waals surface area contributed by atoms with E-state index in [0.717, 1.165) is 66.2 Å². The van der Waals surface area contributed by atoms with E-state index in [2.05, 4.69) is 25.8 Å². The minimum atomic E-state index is 0.203. The fraction of sp³-hybridized carbons (Fsp3) is 0.364. The number of aromatic nitrogens is 2. The van der Waals surface area contributed by atoms with E-state index in [0.29, 0.717) is 13.0 Å². The monoisotopic (exact) mass is 456 g/mol.